The first kappa shape index (κ1) is 13.3. The van der Waals surface area contributed by atoms with Crippen LogP contribution in [0.1, 0.15) is 18.3 Å². The van der Waals surface area contributed by atoms with Crippen molar-refractivity contribution in [3.63, 3.8) is 0 Å². The van der Waals surface area contributed by atoms with E-state index in [1.807, 2.05) is 6.20 Å². The molecule has 2 heterocycles. The van der Waals surface area contributed by atoms with Crippen LogP contribution in [-0.2, 0) is 18.5 Å². The fourth-order valence-corrected chi connectivity index (χ4v) is 2.97. The molecule has 0 radical (unpaired) electrons. The van der Waals surface area contributed by atoms with Gasteiger partial charge in [0, 0.05) is 44.0 Å². The first-order chi connectivity index (χ1) is 9.71. The number of fused-ring (bicyclic) bond motifs is 1. The van der Waals surface area contributed by atoms with Gasteiger partial charge in [-0.1, -0.05) is 37.3 Å². The summed E-state index contributed by atoms with van der Waals surface area (Å²) in [6.45, 7) is 6.87. The minimum absolute atomic E-state index is 0.00395. The minimum atomic E-state index is -0.00395. The van der Waals surface area contributed by atoms with Crippen LogP contribution in [0.5, 0.6) is 0 Å². The van der Waals surface area contributed by atoms with Gasteiger partial charge in [-0.15, -0.1) is 0 Å². The molecule has 1 aromatic heterocycles. The Morgan fingerprint density at radius 2 is 2.05 bits per heavy atom. The number of aromatic nitrogens is 2. The zero-order chi connectivity index (χ0) is 14.0. The summed E-state index contributed by atoms with van der Waals surface area (Å²) in [5.41, 5.74) is 7.40. The Kier molecular flexibility index (Phi) is 3.59. The molecule has 1 atom stereocenters. The summed E-state index contributed by atoms with van der Waals surface area (Å²) >= 11 is 0. The molecule has 4 nitrogen and oxygen atoms in total. The van der Waals surface area contributed by atoms with E-state index >= 15 is 0 Å². The van der Waals surface area contributed by atoms with Crippen LogP contribution in [0.3, 0.4) is 0 Å². The molecule has 0 aliphatic carbocycles. The van der Waals surface area contributed by atoms with Crippen molar-refractivity contribution in [2.75, 3.05) is 19.6 Å². The van der Waals surface area contributed by atoms with Crippen molar-refractivity contribution in [3.8, 4) is 0 Å². The molecule has 0 spiro atoms. The van der Waals surface area contributed by atoms with Gasteiger partial charge in [-0.05, 0) is 5.56 Å². The van der Waals surface area contributed by atoms with Gasteiger partial charge in [-0.3, -0.25) is 4.90 Å². The van der Waals surface area contributed by atoms with Crippen LogP contribution in [-0.4, -0.2) is 34.1 Å². The molecule has 3 rings (SSSR count). The molecule has 0 fully saturated rings. The fraction of sp³-hybridized carbons (Fsp3) is 0.438. The molecular formula is C16H22N4. The summed E-state index contributed by atoms with van der Waals surface area (Å²) in [4.78, 5) is 6.89. The fourth-order valence-electron chi connectivity index (χ4n) is 2.97. The summed E-state index contributed by atoms with van der Waals surface area (Å²) in [5.74, 6) is 1.16. The second-order valence-electron chi connectivity index (χ2n) is 5.88. The molecule has 0 saturated heterocycles. The highest BCUT2D eigenvalue weighted by molar-refractivity contribution is 5.25. The van der Waals surface area contributed by atoms with Gasteiger partial charge in [0.25, 0.3) is 0 Å². The number of hydrogen-bond acceptors (Lipinski definition) is 3. The van der Waals surface area contributed by atoms with Crippen molar-refractivity contribution in [3.05, 3.63) is 54.1 Å². The van der Waals surface area contributed by atoms with E-state index in [2.05, 4.69) is 57.9 Å². The van der Waals surface area contributed by atoms with E-state index in [9.17, 15) is 0 Å². The monoisotopic (exact) mass is 270 g/mol. The summed E-state index contributed by atoms with van der Waals surface area (Å²) in [7, 11) is 0. The van der Waals surface area contributed by atoms with E-state index in [4.69, 9.17) is 5.73 Å². The molecule has 1 aliphatic heterocycles. The lowest BCUT2D eigenvalue weighted by Gasteiger charge is -2.37. The highest BCUT2D eigenvalue weighted by Gasteiger charge is 2.29. The van der Waals surface area contributed by atoms with Crippen molar-refractivity contribution < 1.29 is 0 Å². The third-order valence-electron chi connectivity index (χ3n) is 4.32. The smallest absolute Gasteiger partial charge is 0.122 e. The largest absolute Gasteiger partial charge is 0.333 e. The average Bonchev–Trinajstić information content (AvgIpc) is 2.95. The Bertz CT molecular complexity index is 563. The number of nitrogens with two attached hydrogens (primary N) is 1. The second-order valence-corrected chi connectivity index (χ2v) is 5.88. The van der Waals surface area contributed by atoms with Gasteiger partial charge in [-0.25, -0.2) is 4.98 Å². The average molecular weight is 270 g/mol. The highest BCUT2D eigenvalue weighted by atomic mass is 15.2. The molecule has 0 saturated carbocycles. The highest BCUT2D eigenvalue weighted by Crippen LogP contribution is 2.25. The lowest BCUT2D eigenvalue weighted by Crippen LogP contribution is -2.46. The van der Waals surface area contributed by atoms with E-state index in [-0.39, 0.29) is 5.41 Å². The van der Waals surface area contributed by atoms with Crippen LogP contribution in [0.25, 0.3) is 0 Å². The number of hydrogen-bond donors (Lipinski definition) is 1. The lowest BCUT2D eigenvalue weighted by molar-refractivity contribution is 0.175. The summed E-state index contributed by atoms with van der Waals surface area (Å²) in [6.07, 6.45) is 3.95. The Morgan fingerprint density at radius 1 is 1.25 bits per heavy atom. The zero-order valence-electron chi connectivity index (χ0n) is 12.0. The van der Waals surface area contributed by atoms with Gasteiger partial charge in [0.1, 0.15) is 5.82 Å². The maximum atomic E-state index is 6.08. The van der Waals surface area contributed by atoms with Crippen LogP contribution in [0.2, 0.25) is 0 Å². The molecular weight excluding hydrogens is 248 g/mol. The Balaban J connectivity index is 1.76. The lowest BCUT2D eigenvalue weighted by atomic mass is 9.82. The third-order valence-corrected chi connectivity index (χ3v) is 4.32. The number of imidazole rings is 1. The molecule has 20 heavy (non-hydrogen) atoms. The summed E-state index contributed by atoms with van der Waals surface area (Å²) < 4.78 is 2.23. The van der Waals surface area contributed by atoms with Gasteiger partial charge in [0.15, 0.2) is 0 Å². The number of nitrogens with zero attached hydrogens (tertiary/aromatic N) is 3. The maximum Gasteiger partial charge on any atom is 0.122 e. The van der Waals surface area contributed by atoms with Crippen molar-refractivity contribution >= 4 is 0 Å². The predicted molar refractivity (Wildman–Crippen MR) is 80.4 cm³/mol. The number of rotatable bonds is 4. The molecule has 2 N–H and O–H groups in total. The first-order valence-corrected chi connectivity index (χ1v) is 7.19. The van der Waals surface area contributed by atoms with Crippen LogP contribution < -0.4 is 5.73 Å². The normalized spacial score (nSPS) is 18.5. The van der Waals surface area contributed by atoms with Gasteiger partial charge in [0.05, 0.1) is 6.54 Å². The van der Waals surface area contributed by atoms with Crippen LogP contribution in [0.4, 0.5) is 0 Å². The van der Waals surface area contributed by atoms with E-state index < -0.39 is 0 Å². The third kappa shape index (κ3) is 2.49. The van der Waals surface area contributed by atoms with Gasteiger partial charge < -0.3 is 10.3 Å². The quantitative estimate of drug-likeness (QED) is 0.918. The van der Waals surface area contributed by atoms with Crippen LogP contribution in [0.15, 0.2) is 42.7 Å². The topological polar surface area (TPSA) is 47.1 Å². The zero-order valence-corrected chi connectivity index (χ0v) is 12.0. The molecule has 0 bridgehead atoms. The second kappa shape index (κ2) is 5.38. The maximum absolute atomic E-state index is 6.08. The molecule has 4 heteroatoms. The van der Waals surface area contributed by atoms with Crippen LogP contribution in [0, 0.1) is 0 Å². The molecule has 1 unspecified atom stereocenters. The Hall–Kier alpha value is -1.65. The molecule has 2 aromatic rings. The molecule has 106 valence electrons. The standard InChI is InChI=1S/C16H22N4/c1-16(12-17,14-5-3-2-4-6-14)13-19-9-10-20-8-7-18-15(20)11-19/h2-8H,9-13,17H2,1H3. The van der Waals surface area contributed by atoms with E-state index in [1.54, 1.807) is 0 Å². The summed E-state index contributed by atoms with van der Waals surface area (Å²) in [5, 5.41) is 0. The van der Waals surface area contributed by atoms with E-state index in [0.29, 0.717) is 6.54 Å². The van der Waals surface area contributed by atoms with Gasteiger partial charge in [-0.2, -0.15) is 0 Å². The van der Waals surface area contributed by atoms with Crippen molar-refractivity contribution in [2.24, 2.45) is 5.73 Å². The minimum Gasteiger partial charge on any atom is -0.333 e. The van der Waals surface area contributed by atoms with Crippen molar-refractivity contribution in [2.45, 2.75) is 25.4 Å². The SMILES string of the molecule is CC(CN)(CN1CCn2ccnc2C1)c1ccccc1. The van der Waals surface area contributed by atoms with Gasteiger partial charge >= 0.3 is 0 Å². The Morgan fingerprint density at radius 3 is 2.80 bits per heavy atom. The van der Waals surface area contributed by atoms with E-state index in [1.165, 1.54) is 5.56 Å². The molecule has 0 amide bonds. The predicted octanol–water partition coefficient (Wildman–Crippen LogP) is 1.62. The summed E-state index contributed by atoms with van der Waals surface area (Å²) in [6, 6.07) is 10.6. The molecule has 1 aromatic carbocycles. The van der Waals surface area contributed by atoms with E-state index in [0.717, 1.165) is 32.0 Å². The molecule has 1 aliphatic rings. The van der Waals surface area contributed by atoms with Gasteiger partial charge in [0.2, 0.25) is 0 Å². The Labute approximate surface area is 120 Å². The first-order valence-electron chi connectivity index (χ1n) is 7.19. The van der Waals surface area contributed by atoms with Crippen molar-refractivity contribution in [1.29, 1.82) is 0 Å². The van der Waals surface area contributed by atoms with Crippen molar-refractivity contribution in [1.82, 2.24) is 14.5 Å². The van der Waals surface area contributed by atoms with Crippen LogP contribution >= 0.6 is 0 Å². The number of benzene rings is 1.